The average Bonchev–Trinajstić information content (AvgIpc) is 2.78. The molecule has 7 heteroatoms. The molecule has 1 aliphatic heterocycles. The van der Waals surface area contributed by atoms with Gasteiger partial charge in [-0.15, -0.1) is 24.0 Å². The van der Waals surface area contributed by atoms with Crippen molar-refractivity contribution >= 4 is 41.1 Å². The smallest absolute Gasteiger partial charge is 0.233 e. The van der Waals surface area contributed by atoms with Crippen molar-refractivity contribution in [3.05, 3.63) is 102 Å². The zero-order chi connectivity index (χ0) is 22.0. The SMILES string of the molecule is C.I.O=C1[C@H](C/C=C(\CO)c2ccc(F)cc2)[C@@H](c2ccc(O)cc2)N1c1ccc(F)cc1. The van der Waals surface area contributed by atoms with E-state index in [0.29, 0.717) is 23.2 Å². The highest BCUT2D eigenvalue weighted by Gasteiger charge is 2.48. The van der Waals surface area contributed by atoms with Crippen molar-refractivity contribution in [2.45, 2.75) is 19.9 Å². The number of allylic oxidation sites excluding steroid dienone is 1. The van der Waals surface area contributed by atoms with Crippen LogP contribution in [0.15, 0.2) is 78.9 Å². The first-order valence-electron chi connectivity index (χ1n) is 9.91. The van der Waals surface area contributed by atoms with Gasteiger partial charge in [0.25, 0.3) is 0 Å². The fraction of sp³-hybridized carbons (Fsp3) is 0.192. The first kappa shape index (κ1) is 26.5. The van der Waals surface area contributed by atoms with Crippen LogP contribution in [0.4, 0.5) is 14.5 Å². The maximum Gasteiger partial charge on any atom is 0.233 e. The van der Waals surface area contributed by atoms with Gasteiger partial charge in [-0.25, -0.2) is 8.78 Å². The van der Waals surface area contributed by atoms with Gasteiger partial charge in [-0.2, -0.15) is 0 Å². The molecule has 174 valence electrons. The number of anilines is 1. The van der Waals surface area contributed by atoms with Crippen LogP contribution in [0.5, 0.6) is 5.75 Å². The van der Waals surface area contributed by atoms with E-state index in [4.69, 9.17) is 0 Å². The molecule has 0 spiro atoms. The number of β-lactam (4-membered cyclic amide) rings is 1. The number of halogens is 3. The third kappa shape index (κ3) is 5.59. The third-order valence-corrected chi connectivity index (χ3v) is 5.56. The van der Waals surface area contributed by atoms with Crippen LogP contribution in [0, 0.1) is 17.6 Å². The molecule has 0 radical (unpaired) electrons. The topological polar surface area (TPSA) is 60.8 Å². The van der Waals surface area contributed by atoms with Gasteiger partial charge in [0.15, 0.2) is 0 Å². The van der Waals surface area contributed by atoms with Crippen molar-refractivity contribution in [3.63, 3.8) is 0 Å². The highest BCUT2D eigenvalue weighted by Crippen LogP contribution is 2.45. The molecule has 3 aromatic rings. The predicted molar refractivity (Wildman–Crippen MR) is 136 cm³/mol. The predicted octanol–water partition coefficient (Wildman–Crippen LogP) is 6.09. The molecule has 0 aromatic heterocycles. The molecule has 4 nitrogen and oxygen atoms in total. The second kappa shape index (κ2) is 11.4. The zero-order valence-corrected chi connectivity index (χ0v) is 19.3. The van der Waals surface area contributed by atoms with Gasteiger partial charge in [0.2, 0.25) is 5.91 Å². The van der Waals surface area contributed by atoms with Crippen molar-refractivity contribution in [2.24, 2.45) is 5.92 Å². The van der Waals surface area contributed by atoms with Gasteiger partial charge in [-0.3, -0.25) is 4.79 Å². The van der Waals surface area contributed by atoms with Crippen molar-refractivity contribution in [1.82, 2.24) is 0 Å². The van der Waals surface area contributed by atoms with Crippen LogP contribution in [0.25, 0.3) is 5.57 Å². The molecule has 0 unspecified atom stereocenters. The van der Waals surface area contributed by atoms with E-state index in [2.05, 4.69) is 0 Å². The summed E-state index contributed by atoms with van der Waals surface area (Å²) in [5.74, 6) is -1.13. The Hall–Kier alpha value is -2.78. The van der Waals surface area contributed by atoms with Crippen LogP contribution >= 0.6 is 24.0 Å². The Bertz CT molecular complexity index is 1100. The van der Waals surface area contributed by atoms with Crippen LogP contribution in [0.3, 0.4) is 0 Å². The van der Waals surface area contributed by atoms with E-state index in [1.165, 1.54) is 24.3 Å². The van der Waals surface area contributed by atoms with Crippen LogP contribution in [0.1, 0.15) is 31.0 Å². The molecule has 1 amide bonds. The molecule has 2 atom stereocenters. The van der Waals surface area contributed by atoms with Crippen LogP contribution in [0.2, 0.25) is 0 Å². The number of benzene rings is 3. The lowest BCUT2D eigenvalue weighted by Crippen LogP contribution is -2.55. The third-order valence-electron chi connectivity index (χ3n) is 5.56. The van der Waals surface area contributed by atoms with Crippen molar-refractivity contribution in [2.75, 3.05) is 11.5 Å². The number of aliphatic hydroxyl groups excluding tert-OH is 1. The standard InChI is InChI=1S/C25H21F2NO3.CH4.HI/c26-19-6-1-16(2-7-19)18(15-29)5-14-23-24(17-3-12-22(30)13-4-17)28(25(23)31)21-10-8-20(27)9-11-21;;/h1-13,23-24,29-30H,14-15H2;1H4;1H/b18-5+;;/t23-,24-;;/m1../s1. The van der Waals surface area contributed by atoms with Crippen molar-refractivity contribution in [1.29, 1.82) is 0 Å². The number of aliphatic hydroxyl groups is 1. The Balaban J connectivity index is 0.00000193. The second-order valence-electron chi connectivity index (χ2n) is 7.46. The average molecular weight is 565 g/mol. The molecule has 1 heterocycles. The summed E-state index contributed by atoms with van der Waals surface area (Å²) >= 11 is 0. The van der Waals surface area contributed by atoms with E-state index < -0.39 is 5.92 Å². The van der Waals surface area contributed by atoms with Gasteiger partial charge < -0.3 is 15.1 Å². The molecule has 1 saturated heterocycles. The minimum absolute atomic E-state index is 0. The molecule has 3 aromatic carbocycles. The second-order valence-corrected chi connectivity index (χ2v) is 7.46. The first-order valence-corrected chi connectivity index (χ1v) is 9.91. The Morgan fingerprint density at radius 1 is 0.909 bits per heavy atom. The molecule has 2 N–H and O–H groups in total. The summed E-state index contributed by atoms with van der Waals surface area (Å²) in [5, 5.41) is 19.4. The molecule has 4 rings (SSSR count). The van der Waals surface area contributed by atoms with E-state index in [9.17, 15) is 23.8 Å². The summed E-state index contributed by atoms with van der Waals surface area (Å²) in [6.07, 6.45) is 2.17. The summed E-state index contributed by atoms with van der Waals surface area (Å²) in [7, 11) is 0. The maximum atomic E-state index is 13.4. The highest BCUT2D eigenvalue weighted by atomic mass is 127. The molecular weight excluding hydrogens is 539 g/mol. The van der Waals surface area contributed by atoms with Gasteiger partial charge in [-0.1, -0.05) is 37.8 Å². The summed E-state index contributed by atoms with van der Waals surface area (Å²) in [6.45, 7) is -0.238. The Kier molecular flexibility index (Phi) is 9.13. The molecule has 0 bridgehead atoms. The lowest BCUT2D eigenvalue weighted by atomic mass is 9.79. The normalized spacial score (nSPS) is 17.6. The Labute approximate surface area is 209 Å². The van der Waals surface area contributed by atoms with E-state index >= 15 is 0 Å². The van der Waals surface area contributed by atoms with Gasteiger partial charge in [0, 0.05) is 5.69 Å². The van der Waals surface area contributed by atoms with Crippen LogP contribution in [-0.2, 0) is 4.79 Å². The maximum absolute atomic E-state index is 13.4. The molecule has 1 fully saturated rings. The number of phenolic OH excluding ortho intramolecular Hbond substituents is 1. The summed E-state index contributed by atoms with van der Waals surface area (Å²) < 4.78 is 26.6. The van der Waals surface area contributed by atoms with Gasteiger partial charge >= 0.3 is 0 Å². The molecule has 0 aliphatic carbocycles. The van der Waals surface area contributed by atoms with Gasteiger partial charge in [-0.05, 0) is 71.7 Å². The Morgan fingerprint density at radius 2 is 1.45 bits per heavy atom. The minimum Gasteiger partial charge on any atom is -0.508 e. The number of phenols is 1. The fourth-order valence-electron chi connectivity index (χ4n) is 3.93. The Morgan fingerprint density at radius 3 is 2.00 bits per heavy atom. The van der Waals surface area contributed by atoms with Crippen molar-refractivity contribution in [3.8, 4) is 5.75 Å². The zero-order valence-electron chi connectivity index (χ0n) is 17.0. The summed E-state index contributed by atoms with van der Waals surface area (Å²) in [5.41, 5.74) is 2.72. The van der Waals surface area contributed by atoms with E-state index in [1.54, 1.807) is 59.5 Å². The number of hydrogen-bond donors (Lipinski definition) is 2. The summed E-state index contributed by atoms with van der Waals surface area (Å²) in [6, 6.07) is 17.9. The highest BCUT2D eigenvalue weighted by molar-refractivity contribution is 14.0. The molecule has 1 aliphatic rings. The van der Waals surface area contributed by atoms with E-state index in [0.717, 1.165) is 5.56 Å². The van der Waals surface area contributed by atoms with Gasteiger partial charge in [0.05, 0.1) is 18.6 Å². The monoisotopic (exact) mass is 565 g/mol. The van der Waals surface area contributed by atoms with Crippen LogP contribution < -0.4 is 4.90 Å². The number of rotatable bonds is 6. The van der Waals surface area contributed by atoms with Gasteiger partial charge in [0.1, 0.15) is 17.4 Å². The molecule has 0 saturated carbocycles. The van der Waals surface area contributed by atoms with E-state index in [-0.39, 0.29) is 67.3 Å². The largest absolute Gasteiger partial charge is 0.508 e. The number of amides is 1. The van der Waals surface area contributed by atoms with Crippen LogP contribution in [-0.4, -0.2) is 22.7 Å². The quantitative estimate of drug-likeness (QED) is 0.281. The van der Waals surface area contributed by atoms with Crippen molar-refractivity contribution < 1.29 is 23.8 Å². The van der Waals surface area contributed by atoms with E-state index in [1.807, 2.05) is 0 Å². The lowest BCUT2D eigenvalue weighted by molar-refractivity contribution is -0.130. The number of nitrogens with zero attached hydrogens (tertiary/aromatic N) is 1. The fourth-order valence-corrected chi connectivity index (χ4v) is 3.93. The first-order chi connectivity index (χ1) is 15.0. The minimum atomic E-state index is -0.392. The summed E-state index contributed by atoms with van der Waals surface area (Å²) in [4.78, 5) is 14.6. The molecule has 33 heavy (non-hydrogen) atoms. The lowest BCUT2D eigenvalue weighted by Gasteiger charge is -2.47. The number of aromatic hydroxyl groups is 1. The number of hydrogen-bond acceptors (Lipinski definition) is 3. The number of carbonyl (C=O) groups is 1. The number of carbonyl (C=O) groups excluding carboxylic acids is 1. The molecular formula is C26H26F2INO3.